The fraction of sp³-hybridized carbons (Fsp3) is 0.211. The minimum Gasteiger partial charge on any atom is -0.496 e. The number of ether oxygens (including phenoxy) is 2. The highest BCUT2D eigenvalue weighted by Crippen LogP contribution is 2.24. The van der Waals surface area contributed by atoms with Crippen molar-refractivity contribution >= 4 is 27.9 Å². The summed E-state index contributed by atoms with van der Waals surface area (Å²) in [4.78, 5) is 13.8. The van der Waals surface area contributed by atoms with E-state index in [1.54, 1.807) is 38.4 Å². The molecule has 0 N–H and O–H groups in total. The van der Waals surface area contributed by atoms with Gasteiger partial charge in [0.1, 0.15) is 11.5 Å². The van der Waals surface area contributed by atoms with Crippen LogP contribution in [0.25, 0.3) is 6.08 Å². The summed E-state index contributed by atoms with van der Waals surface area (Å²) in [6, 6.07) is 11.7. The lowest BCUT2D eigenvalue weighted by molar-refractivity contribution is -0.125. The van der Waals surface area contributed by atoms with Crippen molar-refractivity contribution in [2.75, 3.05) is 14.2 Å². The summed E-state index contributed by atoms with van der Waals surface area (Å²) < 4.78 is 34.7. The van der Waals surface area contributed by atoms with Crippen LogP contribution in [0.5, 0.6) is 11.5 Å². The van der Waals surface area contributed by atoms with Gasteiger partial charge in [-0.25, -0.2) is 0 Å². The number of halogens is 3. The Balaban J connectivity index is 2.00. The quantitative estimate of drug-likeness (QED) is 0.601. The van der Waals surface area contributed by atoms with E-state index in [-0.39, 0.29) is 11.7 Å². The summed E-state index contributed by atoms with van der Waals surface area (Å²) in [7, 11) is 3.23. The number of likely N-dealkylation sites (N-methyl/N-ethyl adjacent to an activating group) is 1. The molecule has 0 aliphatic heterocycles. The molecule has 0 saturated carbocycles. The number of amides is 1. The SMILES string of the molecule is COc1ccc(Br)cc1/C=C/C(=O)N(C)Cc1ccc(OC(F)F)cc1. The lowest BCUT2D eigenvalue weighted by atomic mass is 10.1. The van der Waals surface area contributed by atoms with Crippen molar-refractivity contribution < 1.29 is 23.0 Å². The number of nitrogens with zero attached hydrogens (tertiary/aromatic N) is 1. The number of alkyl halides is 2. The minimum absolute atomic E-state index is 0.0828. The molecule has 2 rings (SSSR count). The molecule has 26 heavy (non-hydrogen) atoms. The van der Waals surface area contributed by atoms with E-state index in [0.717, 1.165) is 15.6 Å². The van der Waals surface area contributed by atoms with Gasteiger partial charge in [-0.3, -0.25) is 4.79 Å². The molecule has 4 nitrogen and oxygen atoms in total. The molecule has 138 valence electrons. The number of carbonyl (C=O) groups is 1. The van der Waals surface area contributed by atoms with Crippen LogP contribution in [0.4, 0.5) is 8.78 Å². The molecule has 0 heterocycles. The third kappa shape index (κ3) is 5.84. The Morgan fingerprint density at radius 2 is 1.92 bits per heavy atom. The van der Waals surface area contributed by atoms with Crippen molar-refractivity contribution in [1.82, 2.24) is 4.90 Å². The summed E-state index contributed by atoms with van der Waals surface area (Å²) in [6.07, 6.45) is 3.14. The predicted octanol–water partition coefficient (Wildman–Crippen LogP) is 4.73. The highest BCUT2D eigenvalue weighted by Gasteiger charge is 2.08. The van der Waals surface area contributed by atoms with Gasteiger partial charge in [0.05, 0.1) is 7.11 Å². The van der Waals surface area contributed by atoms with Gasteiger partial charge in [0.25, 0.3) is 0 Å². The van der Waals surface area contributed by atoms with Gasteiger partial charge in [-0.15, -0.1) is 0 Å². The number of rotatable bonds is 7. The number of hydrogen-bond acceptors (Lipinski definition) is 3. The second-order valence-corrected chi connectivity index (χ2v) is 6.35. The van der Waals surface area contributed by atoms with Crippen molar-refractivity contribution in [1.29, 1.82) is 0 Å². The van der Waals surface area contributed by atoms with Crippen LogP contribution in [-0.2, 0) is 11.3 Å². The molecule has 0 fully saturated rings. The van der Waals surface area contributed by atoms with Crippen molar-refractivity contribution in [2.45, 2.75) is 13.2 Å². The number of benzene rings is 2. The summed E-state index contributed by atoms with van der Waals surface area (Å²) >= 11 is 3.38. The molecule has 0 radical (unpaired) electrons. The van der Waals surface area contributed by atoms with Crippen LogP contribution in [0.2, 0.25) is 0 Å². The van der Waals surface area contributed by atoms with E-state index in [4.69, 9.17) is 4.74 Å². The monoisotopic (exact) mass is 425 g/mol. The molecular weight excluding hydrogens is 408 g/mol. The second kappa shape index (κ2) is 9.33. The maximum Gasteiger partial charge on any atom is 0.387 e. The Morgan fingerprint density at radius 1 is 1.23 bits per heavy atom. The topological polar surface area (TPSA) is 38.8 Å². The Hall–Kier alpha value is -2.41. The first-order valence-corrected chi connectivity index (χ1v) is 8.49. The molecule has 0 saturated heterocycles. The Bertz CT molecular complexity index is 779. The molecule has 0 bridgehead atoms. The maximum atomic E-state index is 12.3. The van der Waals surface area contributed by atoms with E-state index in [2.05, 4.69) is 20.7 Å². The van der Waals surface area contributed by atoms with Crippen LogP contribution < -0.4 is 9.47 Å². The smallest absolute Gasteiger partial charge is 0.387 e. The van der Waals surface area contributed by atoms with Gasteiger partial charge < -0.3 is 14.4 Å². The molecule has 2 aromatic rings. The van der Waals surface area contributed by atoms with E-state index in [1.165, 1.54) is 23.1 Å². The second-order valence-electron chi connectivity index (χ2n) is 5.44. The van der Waals surface area contributed by atoms with Crippen LogP contribution in [0.3, 0.4) is 0 Å². The summed E-state index contributed by atoms with van der Waals surface area (Å²) in [5.74, 6) is 0.550. The standard InChI is InChI=1S/C19H18BrF2NO3/c1-23(12-13-3-7-16(8-4-13)26-19(21)22)18(24)10-5-14-11-15(20)6-9-17(14)25-2/h3-11,19H,12H2,1-2H3/b10-5+. The molecule has 0 aliphatic rings. The van der Waals surface area contributed by atoms with Crippen molar-refractivity contribution in [3.05, 3.63) is 64.1 Å². The molecule has 0 aliphatic carbocycles. The maximum absolute atomic E-state index is 12.3. The molecule has 2 aromatic carbocycles. The first kappa shape index (κ1) is 19.9. The molecule has 0 unspecified atom stereocenters. The highest BCUT2D eigenvalue weighted by molar-refractivity contribution is 9.10. The molecule has 1 amide bonds. The largest absolute Gasteiger partial charge is 0.496 e. The van der Waals surface area contributed by atoms with Crippen LogP contribution >= 0.6 is 15.9 Å². The summed E-state index contributed by atoms with van der Waals surface area (Å²) in [5, 5.41) is 0. The lowest BCUT2D eigenvalue weighted by Crippen LogP contribution is -2.24. The predicted molar refractivity (Wildman–Crippen MR) is 99.3 cm³/mol. The zero-order valence-corrected chi connectivity index (χ0v) is 15.9. The fourth-order valence-corrected chi connectivity index (χ4v) is 2.63. The molecular formula is C19H18BrF2NO3. The van der Waals surface area contributed by atoms with Gasteiger partial charge >= 0.3 is 6.61 Å². The Kier molecular flexibility index (Phi) is 7.15. The van der Waals surface area contributed by atoms with E-state index in [0.29, 0.717) is 12.3 Å². The van der Waals surface area contributed by atoms with E-state index in [9.17, 15) is 13.6 Å². The van der Waals surface area contributed by atoms with E-state index in [1.807, 2.05) is 12.1 Å². The first-order chi connectivity index (χ1) is 12.4. The van der Waals surface area contributed by atoms with Crippen LogP contribution in [0, 0.1) is 0 Å². The van der Waals surface area contributed by atoms with E-state index < -0.39 is 6.61 Å². The normalized spacial score (nSPS) is 11.0. The number of carbonyl (C=O) groups excluding carboxylic acids is 1. The summed E-state index contributed by atoms with van der Waals surface area (Å²) in [6.45, 7) is -2.52. The summed E-state index contributed by atoms with van der Waals surface area (Å²) in [5.41, 5.74) is 1.58. The third-order valence-electron chi connectivity index (χ3n) is 3.54. The highest BCUT2D eigenvalue weighted by atomic mass is 79.9. The molecule has 7 heteroatoms. The van der Waals surface area contributed by atoms with Gasteiger partial charge in [0.15, 0.2) is 0 Å². The average Bonchev–Trinajstić information content (AvgIpc) is 2.61. The molecule has 0 spiro atoms. The Morgan fingerprint density at radius 3 is 2.54 bits per heavy atom. The average molecular weight is 426 g/mol. The van der Waals surface area contributed by atoms with Gasteiger partial charge in [-0.1, -0.05) is 28.1 Å². The van der Waals surface area contributed by atoms with Crippen LogP contribution in [0.15, 0.2) is 53.0 Å². The zero-order chi connectivity index (χ0) is 19.1. The van der Waals surface area contributed by atoms with E-state index >= 15 is 0 Å². The van der Waals surface area contributed by atoms with Gasteiger partial charge in [0, 0.05) is 29.7 Å². The van der Waals surface area contributed by atoms with Gasteiger partial charge in [-0.05, 0) is 42.0 Å². The van der Waals surface area contributed by atoms with Crippen LogP contribution in [0.1, 0.15) is 11.1 Å². The van der Waals surface area contributed by atoms with Crippen LogP contribution in [-0.4, -0.2) is 31.6 Å². The fourth-order valence-electron chi connectivity index (χ4n) is 2.25. The first-order valence-electron chi connectivity index (χ1n) is 7.69. The van der Waals surface area contributed by atoms with Crippen molar-refractivity contribution in [3.63, 3.8) is 0 Å². The number of methoxy groups -OCH3 is 1. The Labute approximate surface area is 159 Å². The van der Waals surface area contributed by atoms with Gasteiger partial charge in [0.2, 0.25) is 5.91 Å². The molecule has 0 atom stereocenters. The zero-order valence-electron chi connectivity index (χ0n) is 14.3. The molecule has 0 aromatic heterocycles. The van der Waals surface area contributed by atoms with Crippen molar-refractivity contribution in [2.24, 2.45) is 0 Å². The van der Waals surface area contributed by atoms with Gasteiger partial charge in [-0.2, -0.15) is 8.78 Å². The number of hydrogen-bond donors (Lipinski definition) is 0. The minimum atomic E-state index is -2.86. The van der Waals surface area contributed by atoms with Crippen molar-refractivity contribution in [3.8, 4) is 11.5 Å². The lowest BCUT2D eigenvalue weighted by Gasteiger charge is -2.15. The third-order valence-corrected chi connectivity index (χ3v) is 4.03.